The Labute approximate surface area is 158 Å². The van der Waals surface area contributed by atoms with Gasteiger partial charge in [0.05, 0.1) is 6.04 Å². The van der Waals surface area contributed by atoms with Gasteiger partial charge in [-0.05, 0) is 36.8 Å². The minimum absolute atomic E-state index is 0.00345. The molecule has 0 bridgehead atoms. The molecule has 26 heavy (non-hydrogen) atoms. The molecule has 1 saturated heterocycles. The molecular weight excluding hydrogens is 350 g/mol. The fourth-order valence-corrected chi connectivity index (χ4v) is 3.20. The molecule has 1 aliphatic heterocycles. The Hall–Kier alpha value is -2.53. The van der Waals surface area contributed by atoms with Crippen molar-refractivity contribution in [2.45, 2.75) is 25.9 Å². The van der Waals surface area contributed by atoms with E-state index in [1.165, 1.54) is 0 Å². The summed E-state index contributed by atoms with van der Waals surface area (Å²) in [6, 6.07) is 16.7. The molecule has 136 valence electrons. The molecule has 2 aromatic carbocycles. The number of halogens is 1. The first-order chi connectivity index (χ1) is 12.6. The van der Waals surface area contributed by atoms with Gasteiger partial charge in [-0.1, -0.05) is 41.9 Å². The van der Waals surface area contributed by atoms with Crippen molar-refractivity contribution in [1.82, 2.24) is 10.2 Å². The average molecular weight is 372 g/mol. The number of amides is 3. The predicted molar refractivity (Wildman–Crippen MR) is 103 cm³/mol. The highest BCUT2D eigenvalue weighted by Gasteiger charge is 2.32. The Balaban J connectivity index is 1.60. The minimum atomic E-state index is -0.199. The summed E-state index contributed by atoms with van der Waals surface area (Å²) in [6.07, 6.45) is 0.303. The lowest BCUT2D eigenvalue weighted by molar-refractivity contribution is -0.117. The third-order valence-corrected chi connectivity index (χ3v) is 4.73. The molecule has 1 N–H and O–H groups in total. The highest BCUT2D eigenvalue weighted by molar-refractivity contribution is 6.30. The van der Waals surface area contributed by atoms with Crippen LogP contribution >= 0.6 is 11.6 Å². The molecular formula is C20H22ClN3O2. The number of rotatable bonds is 5. The van der Waals surface area contributed by atoms with Gasteiger partial charge in [0.15, 0.2) is 0 Å². The topological polar surface area (TPSA) is 52.7 Å². The first-order valence-electron chi connectivity index (χ1n) is 8.72. The van der Waals surface area contributed by atoms with Crippen LogP contribution in [-0.4, -0.2) is 36.0 Å². The number of hydrogen-bond acceptors (Lipinski definition) is 2. The van der Waals surface area contributed by atoms with Crippen LogP contribution < -0.4 is 10.2 Å². The number of anilines is 1. The molecule has 1 heterocycles. The number of carbonyl (C=O) groups is 2. The van der Waals surface area contributed by atoms with Gasteiger partial charge in [0.2, 0.25) is 5.91 Å². The molecule has 3 rings (SSSR count). The van der Waals surface area contributed by atoms with Crippen molar-refractivity contribution in [1.29, 1.82) is 0 Å². The Morgan fingerprint density at radius 3 is 2.54 bits per heavy atom. The van der Waals surface area contributed by atoms with Crippen LogP contribution in [-0.2, 0) is 11.3 Å². The lowest BCUT2D eigenvalue weighted by Crippen LogP contribution is -2.45. The van der Waals surface area contributed by atoms with E-state index in [0.29, 0.717) is 31.1 Å². The van der Waals surface area contributed by atoms with Gasteiger partial charge >= 0.3 is 6.03 Å². The molecule has 0 saturated carbocycles. The van der Waals surface area contributed by atoms with Crippen molar-refractivity contribution in [3.63, 3.8) is 0 Å². The average Bonchev–Trinajstić information content (AvgIpc) is 3.01. The summed E-state index contributed by atoms with van der Waals surface area (Å²) in [5, 5.41) is 3.62. The van der Waals surface area contributed by atoms with E-state index in [4.69, 9.17) is 11.6 Å². The normalized spacial score (nSPS) is 16.6. The lowest BCUT2D eigenvalue weighted by atomic mass is 10.2. The number of nitrogens with zero attached hydrogens (tertiary/aromatic N) is 2. The predicted octanol–water partition coefficient (Wildman–Crippen LogP) is 3.68. The van der Waals surface area contributed by atoms with Crippen LogP contribution in [0.5, 0.6) is 0 Å². The fraction of sp³-hybridized carbons (Fsp3) is 0.300. The molecule has 3 amide bonds. The van der Waals surface area contributed by atoms with Crippen molar-refractivity contribution >= 4 is 29.2 Å². The molecule has 1 atom stereocenters. The van der Waals surface area contributed by atoms with E-state index in [2.05, 4.69) is 5.32 Å². The number of carbonyl (C=O) groups excluding carboxylic acids is 2. The van der Waals surface area contributed by atoms with Crippen molar-refractivity contribution < 1.29 is 9.59 Å². The Kier molecular flexibility index (Phi) is 5.78. The molecule has 0 aromatic heterocycles. The van der Waals surface area contributed by atoms with Crippen LogP contribution in [0.15, 0.2) is 54.6 Å². The van der Waals surface area contributed by atoms with E-state index in [0.717, 1.165) is 11.3 Å². The second-order valence-electron chi connectivity index (χ2n) is 6.33. The summed E-state index contributed by atoms with van der Waals surface area (Å²) < 4.78 is 0. The second kappa shape index (κ2) is 8.23. The Morgan fingerprint density at radius 1 is 1.19 bits per heavy atom. The summed E-state index contributed by atoms with van der Waals surface area (Å²) in [6.45, 7) is 3.56. The zero-order chi connectivity index (χ0) is 18.5. The third kappa shape index (κ3) is 4.35. The SMILES string of the molecule is CCN(Cc1ccccc1)C(=O)NC1CC(=O)N(c2ccc(Cl)cc2)C1. The number of hydrogen-bond donors (Lipinski definition) is 1. The monoisotopic (exact) mass is 371 g/mol. The van der Waals surface area contributed by atoms with Crippen LogP contribution in [0.1, 0.15) is 18.9 Å². The van der Waals surface area contributed by atoms with Gasteiger partial charge in [0, 0.05) is 36.8 Å². The van der Waals surface area contributed by atoms with Crippen LogP contribution in [0.25, 0.3) is 0 Å². The summed E-state index contributed by atoms with van der Waals surface area (Å²) in [5.74, 6) is 0.00345. The fourth-order valence-electron chi connectivity index (χ4n) is 3.07. The van der Waals surface area contributed by atoms with E-state index < -0.39 is 0 Å². The van der Waals surface area contributed by atoms with Gasteiger partial charge in [-0.2, -0.15) is 0 Å². The first kappa shape index (κ1) is 18.3. The van der Waals surface area contributed by atoms with Gasteiger partial charge in [0.1, 0.15) is 0 Å². The number of benzene rings is 2. The maximum atomic E-state index is 12.6. The highest BCUT2D eigenvalue weighted by atomic mass is 35.5. The van der Waals surface area contributed by atoms with Crippen molar-refractivity contribution in [3.8, 4) is 0 Å². The van der Waals surface area contributed by atoms with E-state index >= 15 is 0 Å². The molecule has 6 heteroatoms. The van der Waals surface area contributed by atoms with Crippen LogP contribution in [0.4, 0.5) is 10.5 Å². The van der Waals surface area contributed by atoms with Crippen LogP contribution in [0.3, 0.4) is 0 Å². The molecule has 1 unspecified atom stereocenters. The molecule has 0 radical (unpaired) electrons. The van der Waals surface area contributed by atoms with E-state index in [1.807, 2.05) is 49.4 Å². The van der Waals surface area contributed by atoms with E-state index in [-0.39, 0.29) is 18.0 Å². The van der Waals surface area contributed by atoms with Gasteiger partial charge in [-0.3, -0.25) is 4.79 Å². The summed E-state index contributed by atoms with van der Waals surface area (Å²) in [7, 11) is 0. The third-order valence-electron chi connectivity index (χ3n) is 4.48. The van der Waals surface area contributed by atoms with E-state index in [1.54, 1.807) is 21.9 Å². The maximum absolute atomic E-state index is 12.6. The summed E-state index contributed by atoms with van der Waals surface area (Å²) >= 11 is 5.90. The van der Waals surface area contributed by atoms with Gasteiger partial charge < -0.3 is 15.1 Å². The summed E-state index contributed by atoms with van der Waals surface area (Å²) in [4.78, 5) is 28.3. The van der Waals surface area contributed by atoms with Crippen molar-refractivity contribution in [2.75, 3.05) is 18.0 Å². The minimum Gasteiger partial charge on any atom is -0.333 e. The van der Waals surface area contributed by atoms with Gasteiger partial charge in [-0.25, -0.2) is 4.79 Å². The summed E-state index contributed by atoms with van der Waals surface area (Å²) in [5.41, 5.74) is 1.88. The second-order valence-corrected chi connectivity index (χ2v) is 6.77. The zero-order valence-corrected chi connectivity index (χ0v) is 15.4. The molecule has 1 aliphatic rings. The molecule has 1 fully saturated rings. The van der Waals surface area contributed by atoms with Crippen LogP contribution in [0.2, 0.25) is 5.02 Å². The standard InChI is InChI=1S/C20H22ClN3O2/c1-2-23(13-15-6-4-3-5-7-15)20(26)22-17-12-19(25)24(14-17)18-10-8-16(21)9-11-18/h3-11,17H,2,12-14H2,1H3,(H,22,26). The zero-order valence-electron chi connectivity index (χ0n) is 14.7. The van der Waals surface area contributed by atoms with Gasteiger partial charge in [0.25, 0.3) is 0 Å². The highest BCUT2D eigenvalue weighted by Crippen LogP contribution is 2.23. The molecule has 2 aromatic rings. The van der Waals surface area contributed by atoms with Gasteiger partial charge in [-0.15, -0.1) is 0 Å². The molecule has 5 nitrogen and oxygen atoms in total. The number of nitrogens with one attached hydrogen (secondary N) is 1. The molecule has 0 spiro atoms. The number of urea groups is 1. The largest absolute Gasteiger partial charge is 0.333 e. The maximum Gasteiger partial charge on any atom is 0.317 e. The van der Waals surface area contributed by atoms with Crippen LogP contribution in [0, 0.1) is 0 Å². The van der Waals surface area contributed by atoms with Crippen molar-refractivity contribution in [3.05, 3.63) is 65.2 Å². The smallest absolute Gasteiger partial charge is 0.317 e. The first-order valence-corrected chi connectivity index (χ1v) is 9.10. The quantitative estimate of drug-likeness (QED) is 0.871. The Bertz CT molecular complexity index is 764. The Morgan fingerprint density at radius 2 is 1.88 bits per heavy atom. The molecule has 0 aliphatic carbocycles. The lowest BCUT2D eigenvalue weighted by Gasteiger charge is -2.24. The van der Waals surface area contributed by atoms with Crippen molar-refractivity contribution in [2.24, 2.45) is 0 Å². The van der Waals surface area contributed by atoms with E-state index in [9.17, 15) is 9.59 Å².